The molecule has 16 heavy (non-hydrogen) atoms. The molecular formula is C13H18N2O. The fraction of sp³-hybridized carbons (Fsp3) is 0.462. The number of hydrogen-bond donors (Lipinski definition) is 1. The predicted octanol–water partition coefficient (Wildman–Crippen LogP) is 2.35. The van der Waals surface area contributed by atoms with Gasteiger partial charge in [-0.1, -0.05) is 6.92 Å². The van der Waals surface area contributed by atoms with E-state index in [1.165, 1.54) is 0 Å². The van der Waals surface area contributed by atoms with Crippen molar-refractivity contribution in [3.05, 3.63) is 24.3 Å². The molecule has 86 valence electrons. The lowest BCUT2D eigenvalue weighted by Crippen LogP contribution is -2.14. The zero-order valence-electron chi connectivity index (χ0n) is 10.0. The molecule has 2 unspecified atom stereocenters. The van der Waals surface area contributed by atoms with Gasteiger partial charge < -0.3 is 10.2 Å². The maximum absolute atomic E-state index is 11.7. The van der Waals surface area contributed by atoms with Crippen molar-refractivity contribution < 1.29 is 4.79 Å². The highest BCUT2D eigenvalue weighted by atomic mass is 16.2. The van der Waals surface area contributed by atoms with E-state index in [4.69, 9.17) is 0 Å². The number of rotatable bonds is 3. The molecule has 0 saturated heterocycles. The van der Waals surface area contributed by atoms with Crippen LogP contribution >= 0.6 is 0 Å². The summed E-state index contributed by atoms with van der Waals surface area (Å²) in [5.74, 6) is 0.944. The van der Waals surface area contributed by atoms with Crippen LogP contribution in [0.5, 0.6) is 0 Å². The number of nitrogens with zero attached hydrogens (tertiary/aromatic N) is 1. The molecule has 0 radical (unpaired) electrons. The van der Waals surface area contributed by atoms with Crippen LogP contribution in [0.2, 0.25) is 0 Å². The maximum atomic E-state index is 11.7. The SMILES string of the molecule is CC1CC1C(=O)Nc1ccc(N(C)C)cc1. The van der Waals surface area contributed by atoms with Crippen LogP contribution in [0.15, 0.2) is 24.3 Å². The molecule has 1 aromatic carbocycles. The molecule has 2 atom stereocenters. The van der Waals surface area contributed by atoms with E-state index in [2.05, 4.69) is 12.2 Å². The van der Waals surface area contributed by atoms with Gasteiger partial charge in [-0.2, -0.15) is 0 Å². The molecule has 1 aliphatic rings. The Morgan fingerprint density at radius 1 is 1.31 bits per heavy atom. The van der Waals surface area contributed by atoms with Gasteiger partial charge in [0.15, 0.2) is 0 Å². The summed E-state index contributed by atoms with van der Waals surface area (Å²) in [5, 5.41) is 2.94. The number of hydrogen-bond acceptors (Lipinski definition) is 2. The van der Waals surface area contributed by atoms with Crippen LogP contribution in [-0.4, -0.2) is 20.0 Å². The fourth-order valence-corrected chi connectivity index (χ4v) is 1.77. The molecule has 1 saturated carbocycles. The smallest absolute Gasteiger partial charge is 0.227 e. The van der Waals surface area contributed by atoms with E-state index in [0.29, 0.717) is 5.92 Å². The number of benzene rings is 1. The highest BCUT2D eigenvalue weighted by Gasteiger charge is 2.38. The van der Waals surface area contributed by atoms with Crippen LogP contribution < -0.4 is 10.2 Å². The van der Waals surface area contributed by atoms with Crippen molar-refractivity contribution in [3.63, 3.8) is 0 Å². The largest absolute Gasteiger partial charge is 0.378 e. The summed E-state index contributed by atoms with van der Waals surface area (Å²) in [4.78, 5) is 13.7. The van der Waals surface area contributed by atoms with Crippen LogP contribution in [0, 0.1) is 11.8 Å². The van der Waals surface area contributed by atoms with Crippen molar-refractivity contribution in [2.45, 2.75) is 13.3 Å². The average Bonchev–Trinajstić information content (AvgIpc) is 2.96. The van der Waals surface area contributed by atoms with Crippen molar-refractivity contribution in [1.82, 2.24) is 0 Å². The van der Waals surface area contributed by atoms with Crippen molar-refractivity contribution in [1.29, 1.82) is 0 Å². The van der Waals surface area contributed by atoms with Crippen molar-refractivity contribution in [2.24, 2.45) is 11.8 Å². The second-order valence-electron chi connectivity index (χ2n) is 4.75. The van der Waals surface area contributed by atoms with Gasteiger partial charge in [-0.15, -0.1) is 0 Å². The third-order valence-electron chi connectivity index (χ3n) is 3.10. The van der Waals surface area contributed by atoms with E-state index in [1.54, 1.807) is 0 Å². The molecule has 0 heterocycles. The Balaban J connectivity index is 1.97. The van der Waals surface area contributed by atoms with Gasteiger partial charge in [0.1, 0.15) is 0 Å². The van der Waals surface area contributed by atoms with Crippen molar-refractivity contribution in [3.8, 4) is 0 Å². The summed E-state index contributed by atoms with van der Waals surface area (Å²) in [6.45, 7) is 2.11. The monoisotopic (exact) mass is 218 g/mol. The van der Waals surface area contributed by atoms with Gasteiger partial charge in [0.05, 0.1) is 0 Å². The van der Waals surface area contributed by atoms with Gasteiger partial charge in [0, 0.05) is 31.4 Å². The Bertz CT molecular complexity index is 383. The van der Waals surface area contributed by atoms with E-state index in [1.807, 2.05) is 43.3 Å². The average molecular weight is 218 g/mol. The number of carbonyl (C=O) groups excluding carboxylic acids is 1. The Hall–Kier alpha value is -1.51. The molecule has 1 aromatic rings. The highest BCUT2D eigenvalue weighted by Crippen LogP contribution is 2.38. The first-order valence-corrected chi connectivity index (χ1v) is 5.66. The summed E-state index contributed by atoms with van der Waals surface area (Å²) in [6.07, 6.45) is 1.03. The second kappa shape index (κ2) is 4.16. The third kappa shape index (κ3) is 2.35. The van der Waals surface area contributed by atoms with E-state index >= 15 is 0 Å². The molecule has 0 bridgehead atoms. The van der Waals surface area contributed by atoms with Gasteiger partial charge in [-0.25, -0.2) is 0 Å². The first-order valence-electron chi connectivity index (χ1n) is 5.66. The Morgan fingerprint density at radius 3 is 2.31 bits per heavy atom. The van der Waals surface area contributed by atoms with Crippen LogP contribution in [0.4, 0.5) is 11.4 Å². The number of nitrogens with one attached hydrogen (secondary N) is 1. The third-order valence-corrected chi connectivity index (χ3v) is 3.10. The molecule has 0 aliphatic heterocycles. The number of amides is 1. The lowest BCUT2D eigenvalue weighted by molar-refractivity contribution is -0.117. The Morgan fingerprint density at radius 2 is 1.88 bits per heavy atom. The van der Waals surface area contributed by atoms with Gasteiger partial charge in [0.25, 0.3) is 0 Å². The predicted molar refractivity (Wildman–Crippen MR) is 66.7 cm³/mol. The first-order chi connectivity index (χ1) is 7.58. The van der Waals surface area contributed by atoms with E-state index in [9.17, 15) is 4.79 Å². The Labute approximate surface area is 96.5 Å². The number of anilines is 2. The molecule has 3 heteroatoms. The van der Waals surface area contributed by atoms with Gasteiger partial charge in [-0.3, -0.25) is 4.79 Å². The summed E-state index contributed by atoms with van der Waals surface area (Å²) >= 11 is 0. The molecule has 1 amide bonds. The first kappa shape index (κ1) is 11.0. The summed E-state index contributed by atoms with van der Waals surface area (Å²) < 4.78 is 0. The maximum Gasteiger partial charge on any atom is 0.227 e. The normalized spacial score (nSPS) is 22.7. The standard InChI is InChI=1S/C13H18N2O/c1-9-8-12(9)13(16)14-10-4-6-11(7-5-10)15(2)3/h4-7,9,12H,8H2,1-3H3,(H,14,16). The second-order valence-corrected chi connectivity index (χ2v) is 4.75. The molecule has 3 nitrogen and oxygen atoms in total. The summed E-state index contributed by atoms with van der Waals surface area (Å²) in [6, 6.07) is 7.90. The van der Waals surface area contributed by atoms with E-state index in [-0.39, 0.29) is 11.8 Å². The minimum Gasteiger partial charge on any atom is -0.378 e. The molecule has 1 aliphatic carbocycles. The molecule has 0 aromatic heterocycles. The van der Waals surface area contributed by atoms with Crippen LogP contribution in [0.25, 0.3) is 0 Å². The van der Waals surface area contributed by atoms with Gasteiger partial charge in [-0.05, 0) is 36.6 Å². The van der Waals surface area contributed by atoms with Crippen LogP contribution in [0.3, 0.4) is 0 Å². The zero-order chi connectivity index (χ0) is 11.7. The molecule has 2 rings (SSSR count). The van der Waals surface area contributed by atoms with Gasteiger partial charge >= 0.3 is 0 Å². The quantitative estimate of drug-likeness (QED) is 0.844. The Kier molecular flexibility index (Phi) is 2.86. The van der Waals surface area contributed by atoms with Gasteiger partial charge in [0.2, 0.25) is 5.91 Å². The molecular weight excluding hydrogens is 200 g/mol. The lowest BCUT2D eigenvalue weighted by Gasteiger charge is -2.13. The summed E-state index contributed by atoms with van der Waals surface area (Å²) in [5.41, 5.74) is 2.02. The van der Waals surface area contributed by atoms with Crippen LogP contribution in [-0.2, 0) is 4.79 Å². The number of carbonyl (C=O) groups is 1. The minimum absolute atomic E-state index is 0.158. The zero-order valence-corrected chi connectivity index (χ0v) is 10.0. The van der Waals surface area contributed by atoms with E-state index < -0.39 is 0 Å². The highest BCUT2D eigenvalue weighted by molar-refractivity contribution is 5.94. The molecule has 1 N–H and O–H groups in total. The fourth-order valence-electron chi connectivity index (χ4n) is 1.77. The molecule has 0 spiro atoms. The molecule has 1 fully saturated rings. The summed E-state index contributed by atoms with van der Waals surface area (Å²) in [7, 11) is 4.00. The van der Waals surface area contributed by atoms with Crippen LogP contribution in [0.1, 0.15) is 13.3 Å². The van der Waals surface area contributed by atoms with E-state index in [0.717, 1.165) is 17.8 Å². The minimum atomic E-state index is 0.158. The van der Waals surface area contributed by atoms with Crippen molar-refractivity contribution >= 4 is 17.3 Å². The van der Waals surface area contributed by atoms with Crippen molar-refractivity contribution in [2.75, 3.05) is 24.3 Å². The topological polar surface area (TPSA) is 32.3 Å². The lowest BCUT2D eigenvalue weighted by atomic mass is 10.2.